The fourth-order valence-electron chi connectivity index (χ4n) is 4.05. The van der Waals surface area contributed by atoms with E-state index in [4.69, 9.17) is 9.72 Å². The van der Waals surface area contributed by atoms with Crippen molar-refractivity contribution in [3.63, 3.8) is 0 Å². The van der Waals surface area contributed by atoms with Gasteiger partial charge in [0.15, 0.2) is 5.13 Å². The zero-order chi connectivity index (χ0) is 25.1. The van der Waals surface area contributed by atoms with E-state index >= 15 is 0 Å². The Bertz CT molecular complexity index is 1470. The lowest BCUT2D eigenvalue weighted by Gasteiger charge is -2.26. The van der Waals surface area contributed by atoms with Crippen molar-refractivity contribution in [3.05, 3.63) is 83.7 Å². The molecule has 10 heteroatoms. The summed E-state index contributed by atoms with van der Waals surface area (Å²) in [7, 11) is -3.64. The molecule has 5 rings (SSSR count). The van der Waals surface area contributed by atoms with Crippen molar-refractivity contribution in [2.75, 3.05) is 31.2 Å². The maximum Gasteiger partial charge on any atom is 0.260 e. The molecule has 0 N–H and O–H groups in total. The molecule has 0 atom stereocenters. The molecule has 0 saturated carbocycles. The fourth-order valence-corrected chi connectivity index (χ4v) is 6.49. The highest BCUT2D eigenvalue weighted by molar-refractivity contribution is 7.89. The van der Waals surface area contributed by atoms with Crippen LogP contribution in [0.15, 0.2) is 71.9 Å². The third-order valence-electron chi connectivity index (χ3n) is 6.10. The van der Waals surface area contributed by atoms with Crippen molar-refractivity contribution in [3.8, 4) is 0 Å². The van der Waals surface area contributed by atoms with Gasteiger partial charge in [0.2, 0.25) is 10.0 Å². The molecule has 0 unspecified atom stereocenters. The van der Waals surface area contributed by atoms with Crippen LogP contribution in [0.4, 0.5) is 5.13 Å². The molecule has 0 aliphatic carbocycles. The third-order valence-corrected chi connectivity index (χ3v) is 9.05. The Hall–Kier alpha value is -3.18. The van der Waals surface area contributed by atoms with Crippen molar-refractivity contribution >= 4 is 42.6 Å². The minimum Gasteiger partial charge on any atom is -0.379 e. The SMILES string of the molecule is CCc1ccc2nc(N(Cc3cccnc3)C(=O)c3ccc(S(=O)(=O)N4CCOCC4)cc3)sc2c1. The number of fused-ring (bicyclic) bond motifs is 1. The van der Waals surface area contributed by atoms with E-state index < -0.39 is 10.0 Å². The molecule has 1 aliphatic heterocycles. The third kappa shape index (κ3) is 5.03. The quantitative estimate of drug-likeness (QED) is 0.363. The number of nitrogens with zero attached hydrogens (tertiary/aromatic N) is 4. The predicted octanol–water partition coefficient (Wildman–Crippen LogP) is 4.12. The summed E-state index contributed by atoms with van der Waals surface area (Å²) < 4.78 is 33.6. The Balaban J connectivity index is 1.47. The van der Waals surface area contributed by atoms with E-state index in [1.54, 1.807) is 29.4 Å². The lowest BCUT2D eigenvalue weighted by Crippen LogP contribution is -2.40. The van der Waals surface area contributed by atoms with Gasteiger partial charge in [-0.3, -0.25) is 14.7 Å². The van der Waals surface area contributed by atoms with Crippen LogP contribution in [-0.4, -0.2) is 54.9 Å². The van der Waals surface area contributed by atoms with E-state index in [2.05, 4.69) is 18.0 Å². The molecule has 1 amide bonds. The van der Waals surface area contributed by atoms with Crippen LogP contribution in [-0.2, 0) is 27.7 Å². The number of aryl methyl sites for hydroxylation is 1. The van der Waals surface area contributed by atoms with Crippen molar-refractivity contribution < 1.29 is 17.9 Å². The van der Waals surface area contributed by atoms with Crippen molar-refractivity contribution in [1.29, 1.82) is 0 Å². The summed E-state index contributed by atoms with van der Waals surface area (Å²) in [6.45, 7) is 3.78. The van der Waals surface area contributed by atoms with Gasteiger partial charge in [0, 0.05) is 31.0 Å². The number of carbonyl (C=O) groups excluding carboxylic acids is 1. The van der Waals surface area contributed by atoms with E-state index in [1.807, 2.05) is 24.3 Å². The second-order valence-electron chi connectivity index (χ2n) is 8.45. The zero-order valence-electron chi connectivity index (χ0n) is 19.8. The Kier molecular flexibility index (Phi) is 7.10. The number of carbonyl (C=O) groups is 1. The molecular weight excluding hydrogens is 496 g/mol. The number of thiazole rings is 1. The largest absolute Gasteiger partial charge is 0.379 e. The number of benzene rings is 2. The van der Waals surface area contributed by atoms with Crippen LogP contribution in [0.1, 0.15) is 28.4 Å². The fraction of sp³-hybridized carbons (Fsp3) is 0.269. The average Bonchev–Trinajstić information content (AvgIpc) is 3.35. The van der Waals surface area contributed by atoms with Crippen LogP contribution in [0.2, 0.25) is 0 Å². The van der Waals surface area contributed by atoms with Gasteiger partial charge in [0.25, 0.3) is 5.91 Å². The van der Waals surface area contributed by atoms with E-state index in [0.29, 0.717) is 43.5 Å². The van der Waals surface area contributed by atoms with Crippen LogP contribution in [0, 0.1) is 0 Å². The summed E-state index contributed by atoms with van der Waals surface area (Å²) in [5.41, 5.74) is 3.29. The molecule has 186 valence electrons. The zero-order valence-corrected chi connectivity index (χ0v) is 21.5. The number of hydrogen-bond donors (Lipinski definition) is 0. The van der Waals surface area contributed by atoms with Crippen LogP contribution < -0.4 is 4.90 Å². The maximum atomic E-state index is 13.7. The first-order valence-corrected chi connectivity index (χ1v) is 14.0. The van der Waals surface area contributed by atoms with Gasteiger partial charge in [0.05, 0.1) is 34.9 Å². The second kappa shape index (κ2) is 10.4. The van der Waals surface area contributed by atoms with Gasteiger partial charge in [-0.15, -0.1) is 0 Å². The van der Waals surface area contributed by atoms with E-state index in [9.17, 15) is 13.2 Å². The number of ether oxygens (including phenoxy) is 1. The normalized spacial score (nSPS) is 14.7. The molecule has 3 heterocycles. The number of amides is 1. The molecule has 8 nitrogen and oxygen atoms in total. The van der Waals surface area contributed by atoms with Gasteiger partial charge < -0.3 is 4.74 Å². The number of morpholine rings is 1. The van der Waals surface area contributed by atoms with Gasteiger partial charge in [0.1, 0.15) is 0 Å². The Morgan fingerprint density at radius 3 is 2.56 bits per heavy atom. The van der Waals surface area contributed by atoms with E-state index in [1.165, 1.54) is 33.3 Å². The van der Waals surface area contributed by atoms with Gasteiger partial charge in [-0.1, -0.05) is 30.4 Å². The summed E-state index contributed by atoms with van der Waals surface area (Å²) >= 11 is 1.46. The predicted molar refractivity (Wildman–Crippen MR) is 140 cm³/mol. The topological polar surface area (TPSA) is 92.7 Å². The Morgan fingerprint density at radius 1 is 1.08 bits per heavy atom. The van der Waals surface area contributed by atoms with Crippen molar-refractivity contribution in [1.82, 2.24) is 14.3 Å². The molecule has 2 aromatic heterocycles. The molecule has 36 heavy (non-hydrogen) atoms. The van der Waals surface area contributed by atoms with Gasteiger partial charge in [-0.2, -0.15) is 4.31 Å². The molecule has 0 bridgehead atoms. The summed E-state index contributed by atoms with van der Waals surface area (Å²) in [6, 6.07) is 16.0. The number of pyridine rings is 1. The van der Waals surface area contributed by atoms with Gasteiger partial charge in [-0.05, 0) is 60.0 Å². The van der Waals surface area contributed by atoms with Gasteiger partial charge in [-0.25, -0.2) is 13.4 Å². The summed E-state index contributed by atoms with van der Waals surface area (Å²) in [5.74, 6) is -0.260. The molecule has 0 radical (unpaired) electrons. The lowest BCUT2D eigenvalue weighted by molar-refractivity contribution is 0.0730. The Labute approximate surface area is 214 Å². The molecule has 1 aliphatic rings. The molecule has 1 fully saturated rings. The van der Waals surface area contributed by atoms with E-state index in [-0.39, 0.29) is 10.8 Å². The van der Waals surface area contributed by atoms with Crippen LogP contribution in [0.5, 0.6) is 0 Å². The minimum atomic E-state index is -3.64. The summed E-state index contributed by atoms with van der Waals surface area (Å²) in [5, 5.41) is 0.581. The van der Waals surface area contributed by atoms with Crippen molar-refractivity contribution in [2.45, 2.75) is 24.8 Å². The van der Waals surface area contributed by atoms with Crippen molar-refractivity contribution in [2.24, 2.45) is 0 Å². The first-order chi connectivity index (χ1) is 17.5. The minimum absolute atomic E-state index is 0.159. The monoisotopic (exact) mass is 522 g/mol. The number of sulfonamides is 1. The maximum absolute atomic E-state index is 13.7. The van der Waals surface area contributed by atoms with Gasteiger partial charge >= 0.3 is 0 Å². The summed E-state index contributed by atoms with van der Waals surface area (Å²) in [4.78, 5) is 24.4. The second-order valence-corrected chi connectivity index (χ2v) is 11.4. The highest BCUT2D eigenvalue weighted by Gasteiger charge is 2.27. The number of aromatic nitrogens is 2. The molecular formula is C26H26N4O4S2. The summed E-state index contributed by atoms with van der Waals surface area (Å²) in [6.07, 6.45) is 4.33. The Morgan fingerprint density at radius 2 is 1.86 bits per heavy atom. The molecule has 1 saturated heterocycles. The highest BCUT2D eigenvalue weighted by atomic mass is 32.2. The molecule has 2 aromatic carbocycles. The van der Waals surface area contributed by atoms with E-state index in [0.717, 1.165) is 22.2 Å². The highest BCUT2D eigenvalue weighted by Crippen LogP contribution is 2.32. The lowest BCUT2D eigenvalue weighted by atomic mass is 10.2. The number of rotatable bonds is 7. The first kappa shape index (κ1) is 24.5. The number of hydrogen-bond acceptors (Lipinski definition) is 7. The average molecular weight is 523 g/mol. The smallest absolute Gasteiger partial charge is 0.260 e. The number of anilines is 1. The van der Waals surface area contributed by atoms with Crippen LogP contribution >= 0.6 is 11.3 Å². The molecule has 4 aromatic rings. The van der Waals surface area contributed by atoms with Crippen LogP contribution in [0.25, 0.3) is 10.2 Å². The molecule has 0 spiro atoms. The standard InChI is InChI=1S/C26H26N4O4S2/c1-2-19-5-10-23-24(16-19)35-26(28-23)30(18-20-4-3-11-27-17-20)25(31)21-6-8-22(9-7-21)36(32,33)29-12-14-34-15-13-29/h3-11,16-17H,2,12-15,18H2,1H3. The first-order valence-electron chi connectivity index (χ1n) is 11.7. The van der Waals surface area contributed by atoms with Crippen LogP contribution in [0.3, 0.4) is 0 Å².